The van der Waals surface area contributed by atoms with Gasteiger partial charge in [0.1, 0.15) is 0 Å². The molecule has 4 aromatic carbocycles. The molecule has 2 N–H and O–H groups in total. The maximum absolute atomic E-state index is 8.48. The molecule has 0 saturated heterocycles. The predicted molar refractivity (Wildman–Crippen MR) is 122 cm³/mol. The van der Waals surface area contributed by atoms with Crippen LogP contribution in [-0.2, 0) is 0 Å². The molecule has 0 amide bonds. The van der Waals surface area contributed by atoms with E-state index in [1.54, 1.807) is 6.08 Å². The molecule has 0 spiro atoms. The summed E-state index contributed by atoms with van der Waals surface area (Å²) >= 11 is 0. The fourth-order valence-electron chi connectivity index (χ4n) is 4.47. The van der Waals surface area contributed by atoms with E-state index in [-0.39, 0.29) is 11.4 Å². The third kappa shape index (κ3) is 2.18. The summed E-state index contributed by atoms with van der Waals surface area (Å²) in [5.41, 5.74) is 5.79. The Balaban J connectivity index is 1.73. The molecule has 29 heavy (non-hydrogen) atoms. The van der Waals surface area contributed by atoms with Gasteiger partial charge in [-0.2, -0.15) is 0 Å². The Kier molecular flexibility index (Phi) is 3.18. The van der Waals surface area contributed by atoms with Gasteiger partial charge in [0.15, 0.2) is 0 Å². The lowest BCUT2D eigenvalue weighted by atomic mass is 9.89. The van der Waals surface area contributed by atoms with Crippen LogP contribution >= 0.6 is 0 Å². The summed E-state index contributed by atoms with van der Waals surface area (Å²) in [5, 5.41) is 21.1. The first-order valence-corrected chi connectivity index (χ1v) is 9.63. The molecule has 5 aromatic rings. The van der Waals surface area contributed by atoms with Crippen molar-refractivity contribution in [1.82, 2.24) is 4.57 Å². The Labute approximate surface area is 167 Å². The van der Waals surface area contributed by atoms with Gasteiger partial charge in [0.25, 0.3) is 0 Å². The molecule has 0 atom stereocenters. The normalized spacial score (nSPS) is 13.5. The van der Waals surface area contributed by atoms with Crippen molar-refractivity contribution in [2.45, 2.75) is 0 Å². The Morgan fingerprint density at radius 3 is 2.00 bits per heavy atom. The quantitative estimate of drug-likeness (QED) is 0.345. The van der Waals surface area contributed by atoms with E-state index < -0.39 is 0 Å². The molecule has 0 bridgehead atoms. The van der Waals surface area contributed by atoms with E-state index in [4.69, 9.17) is 10.8 Å². The minimum absolute atomic E-state index is 0.257. The van der Waals surface area contributed by atoms with E-state index in [1.807, 2.05) is 12.1 Å². The van der Waals surface area contributed by atoms with Crippen molar-refractivity contribution in [3.63, 3.8) is 0 Å². The van der Waals surface area contributed by atoms with E-state index in [0.717, 1.165) is 27.6 Å². The number of rotatable bonds is 1. The largest absolute Gasteiger partial charge is 0.309 e. The molecule has 0 unspecified atom stereocenters. The zero-order valence-electron chi connectivity index (χ0n) is 15.6. The van der Waals surface area contributed by atoms with Gasteiger partial charge in [-0.15, -0.1) is 0 Å². The number of benzene rings is 4. The molecule has 6 rings (SSSR count). The number of aromatic nitrogens is 1. The minimum Gasteiger partial charge on any atom is -0.309 e. The Bertz CT molecular complexity index is 1480. The summed E-state index contributed by atoms with van der Waals surface area (Å²) in [6.07, 6.45) is 3.63. The van der Waals surface area contributed by atoms with Gasteiger partial charge in [0, 0.05) is 22.0 Å². The fourth-order valence-corrected chi connectivity index (χ4v) is 4.47. The van der Waals surface area contributed by atoms with Crippen LogP contribution in [0.25, 0.3) is 44.3 Å². The average Bonchev–Trinajstić information content (AvgIpc) is 3.10. The van der Waals surface area contributed by atoms with Crippen LogP contribution in [0.3, 0.4) is 0 Å². The molecular formula is C26H17N3. The summed E-state index contributed by atoms with van der Waals surface area (Å²) < 4.78 is 2.29. The van der Waals surface area contributed by atoms with Crippen LogP contribution in [0, 0.1) is 10.8 Å². The predicted octanol–water partition coefficient (Wildman–Crippen LogP) is 6.35. The molecule has 3 nitrogen and oxygen atoms in total. The summed E-state index contributed by atoms with van der Waals surface area (Å²) in [5.74, 6) is 0. The Morgan fingerprint density at radius 2 is 1.28 bits per heavy atom. The topological polar surface area (TPSA) is 52.6 Å². The molecule has 1 aromatic heterocycles. The maximum atomic E-state index is 8.48. The van der Waals surface area contributed by atoms with Gasteiger partial charge in [-0.1, -0.05) is 60.7 Å². The van der Waals surface area contributed by atoms with E-state index in [2.05, 4.69) is 77.4 Å². The summed E-state index contributed by atoms with van der Waals surface area (Å²) in [7, 11) is 0. The highest BCUT2D eigenvalue weighted by Gasteiger charge is 2.19. The fraction of sp³-hybridized carbons (Fsp3) is 0. The molecule has 0 aliphatic heterocycles. The van der Waals surface area contributed by atoms with Gasteiger partial charge in [-0.05, 0) is 46.7 Å². The van der Waals surface area contributed by atoms with E-state index in [0.29, 0.717) is 0 Å². The van der Waals surface area contributed by atoms with Crippen LogP contribution in [0.15, 0.2) is 84.9 Å². The molecule has 1 aliphatic carbocycles. The van der Waals surface area contributed by atoms with Crippen molar-refractivity contribution in [3.8, 4) is 5.69 Å². The maximum Gasteiger partial charge on any atom is 0.0873 e. The first-order chi connectivity index (χ1) is 14.2. The molecule has 0 saturated carbocycles. The second-order valence-electron chi connectivity index (χ2n) is 7.43. The van der Waals surface area contributed by atoms with Crippen LogP contribution in [0.5, 0.6) is 0 Å². The molecule has 0 radical (unpaired) electrons. The van der Waals surface area contributed by atoms with Crippen molar-refractivity contribution >= 4 is 50.1 Å². The summed E-state index contributed by atoms with van der Waals surface area (Å²) in [6.45, 7) is 0. The number of hydrogen-bond acceptors (Lipinski definition) is 2. The second kappa shape index (κ2) is 5.76. The lowest BCUT2D eigenvalue weighted by Gasteiger charge is -2.17. The second-order valence-corrected chi connectivity index (χ2v) is 7.43. The van der Waals surface area contributed by atoms with Gasteiger partial charge < -0.3 is 4.57 Å². The number of fused-ring (bicyclic) bond motifs is 6. The number of nitrogens with zero attached hydrogens (tertiary/aromatic N) is 1. The standard InChI is InChI=1S/C26H17N3/c27-22-14-12-17-10-9-16-11-13-18(15-21(16)25(17)26(22)28)29-23-7-3-1-5-19(23)20-6-2-4-8-24(20)29/h1-15,27-28H. The van der Waals surface area contributed by atoms with Crippen molar-refractivity contribution in [2.24, 2.45) is 0 Å². The first-order valence-electron chi connectivity index (χ1n) is 9.63. The molecule has 136 valence electrons. The highest BCUT2D eigenvalue weighted by atomic mass is 15.0. The van der Waals surface area contributed by atoms with Crippen molar-refractivity contribution in [1.29, 1.82) is 10.8 Å². The van der Waals surface area contributed by atoms with Gasteiger partial charge >= 0.3 is 0 Å². The van der Waals surface area contributed by atoms with Crippen molar-refractivity contribution in [3.05, 3.63) is 96.1 Å². The van der Waals surface area contributed by atoms with Crippen LogP contribution in [-0.4, -0.2) is 16.0 Å². The monoisotopic (exact) mass is 371 g/mol. The molecule has 0 fully saturated rings. The molecule has 1 heterocycles. The van der Waals surface area contributed by atoms with Crippen molar-refractivity contribution in [2.75, 3.05) is 0 Å². The van der Waals surface area contributed by atoms with Gasteiger partial charge in [0.05, 0.1) is 22.5 Å². The highest BCUT2D eigenvalue weighted by molar-refractivity contribution is 6.53. The van der Waals surface area contributed by atoms with Crippen LogP contribution in [0.2, 0.25) is 0 Å². The highest BCUT2D eigenvalue weighted by Crippen LogP contribution is 2.34. The lowest BCUT2D eigenvalue weighted by molar-refractivity contribution is 1.19. The van der Waals surface area contributed by atoms with Crippen molar-refractivity contribution < 1.29 is 0 Å². The molecular weight excluding hydrogens is 354 g/mol. The first kappa shape index (κ1) is 16.0. The molecule has 3 heteroatoms. The lowest BCUT2D eigenvalue weighted by Crippen LogP contribution is -2.16. The van der Waals surface area contributed by atoms with Gasteiger partial charge in [-0.25, -0.2) is 0 Å². The SMILES string of the molecule is N=C1C=Cc2ccc3ccc(-n4c5ccccc5c5ccccc54)cc3c2C1=N. The smallest absolute Gasteiger partial charge is 0.0873 e. The Morgan fingerprint density at radius 1 is 0.621 bits per heavy atom. The van der Waals surface area contributed by atoms with Crippen LogP contribution in [0.1, 0.15) is 11.1 Å². The van der Waals surface area contributed by atoms with Crippen LogP contribution < -0.4 is 0 Å². The number of allylic oxidation sites excluding steroid dienone is 1. The summed E-state index contributed by atoms with van der Waals surface area (Å²) in [6, 6.07) is 27.5. The molecule has 1 aliphatic rings. The Hall–Kier alpha value is -3.98. The number of hydrogen-bond donors (Lipinski definition) is 2. The zero-order chi connectivity index (χ0) is 19.5. The van der Waals surface area contributed by atoms with Gasteiger partial charge in [0.2, 0.25) is 0 Å². The van der Waals surface area contributed by atoms with E-state index in [1.165, 1.54) is 21.8 Å². The zero-order valence-corrected chi connectivity index (χ0v) is 15.6. The third-order valence-electron chi connectivity index (χ3n) is 5.82. The average molecular weight is 371 g/mol. The number of para-hydroxylation sites is 2. The van der Waals surface area contributed by atoms with Gasteiger partial charge in [-0.3, -0.25) is 10.8 Å². The van der Waals surface area contributed by atoms with E-state index >= 15 is 0 Å². The van der Waals surface area contributed by atoms with E-state index in [9.17, 15) is 0 Å². The van der Waals surface area contributed by atoms with Crippen LogP contribution in [0.4, 0.5) is 0 Å². The summed E-state index contributed by atoms with van der Waals surface area (Å²) in [4.78, 5) is 0. The third-order valence-corrected chi connectivity index (χ3v) is 5.82. The minimum atomic E-state index is 0.257. The number of nitrogens with one attached hydrogen (secondary N) is 2.